The molecule has 2 nitrogen and oxygen atoms in total. The minimum atomic E-state index is -0.262. The zero-order chi connectivity index (χ0) is 12.4. The maximum atomic E-state index is 10.5. The zero-order valence-electron chi connectivity index (χ0n) is 11.1. The number of aliphatic hydroxyl groups is 1. The number of hydrogen-bond acceptors (Lipinski definition) is 2. The summed E-state index contributed by atoms with van der Waals surface area (Å²) < 4.78 is 2.74. The Balaban J connectivity index is 2.08. The Labute approximate surface area is 110 Å². The van der Waals surface area contributed by atoms with Crippen LogP contribution in [-0.4, -0.2) is 43.6 Å². The quantitative estimate of drug-likeness (QED) is 0.866. The van der Waals surface area contributed by atoms with E-state index < -0.39 is 0 Å². The van der Waals surface area contributed by atoms with Crippen molar-refractivity contribution in [2.75, 3.05) is 13.1 Å². The molecule has 0 aliphatic carbocycles. The average molecular weight is 300 g/mol. The maximum absolute atomic E-state index is 10.5. The average Bonchev–Trinajstić information content (AvgIpc) is 2.68. The third kappa shape index (κ3) is 3.03. The molecule has 0 spiro atoms. The van der Waals surface area contributed by atoms with Gasteiger partial charge in [-0.2, -0.15) is 0 Å². The van der Waals surface area contributed by atoms with E-state index in [1.54, 1.807) is 0 Å². The summed E-state index contributed by atoms with van der Waals surface area (Å²) in [6.45, 7) is 8.81. The summed E-state index contributed by atoms with van der Waals surface area (Å²) in [5.41, 5.74) is 1.30. The zero-order valence-corrected chi connectivity index (χ0v) is 12.8. The molecule has 1 aromatic heterocycles. The number of rotatable bonds is 3. The van der Waals surface area contributed by atoms with Crippen molar-refractivity contribution in [3.63, 3.8) is 0 Å². The van der Waals surface area contributed by atoms with Gasteiger partial charge in [-0.3, -0.25) is 0 Å². The van der Waals surface area contributed by atoms with Gasteiger partial charge in [-0.1, -0.05) is 0 Å². The molecule has 0 bridgehead atoms. The van der Waals surface area contributed by atoms with E-state index in [9.17, 15) is 5.11 Å². The molecule has 0 radical (unpaired) electrons. The fraction of sp³-hybridized carbons (Fsp3) is 0.714. The summed E-state index contributed by atoms with van der Waals surface area (Å²) in [5, 5.41) is 10.5. The Morgan fingerprint density at radius 2 is 1.88 bits per heavy atom. The van der Waals surface area contributed by atoms with E-state index in [2.05, 4.69) is 31.7 Å². The van der Waals surface area contributed by atoms with Crippen LogP contribution in [-0.2, 0) is 0 Å². The molecule has 0 amide bonds. The summed E-state index contributed by atoms with van der Waals surface area (Å²) in [6.07, 6.45) is 3.67. The van der Waals surface area contributed by atoms with Gasteiger partial charge in [0.15, 0.2) is 0 Å². The van der Waals surface area contributed by atoms with E-state index >= 15 is 0 Å². The first-order chi connectivity index (χ1) is 8.09. The Morgan fingerprint density at radius 1 is 1.24 bits per heavy atom. The summed E-state index contributed by atoms with van der Waals surface area (Å²) >= 11 is 0.382. The van der Waals surface area contributed by atoms with Crippen LogP contribution in [0.4, 0.5) is 0 Å². The summed E-state index contributed by atoms with van der Waals surface area (Å²) in [7, 11) is 0. The van der Waals surface area contributed by atoms with Gasteiger partial charge in [-0.15, -0.1) is 0 Å². The Hall–Kier alpha value is -0.0805. The van der Waals surface area contributed by atoms with Crippen LogP contribution >= 0.6 is 0 Å². The fourth-order valence-corrected chi connectivity index (χ4v) is 5.05. The normalized spacial score (nSPS) is 21.4. The van der Waals surface area contributed by atoms with Crippen molar-refractivity contribution < 1.29 is 5.11 Å². The molecular weight excluding hydrogens is 277 g/mol. The van der Waals surface area contributed by atoms with Gasteiger partial charge in [-0.25, -0.2) is 0 Å². The van der Waals surface area contributed by atoms with Crippen molar-refractivity contribution in [2.45, 2.75) is 52.2 Å². The fourth-order valence-electron chi connectivity index (χ4n) is 2.70. The van der Waals surface area contributed by atoms with E-state index in [1.807, 2.05) is 0 Å². The second-order valence-electron chi connectivity index (χ2n) is 5.19. The molecule has 2 rings (SSSR count). The molecule has 2 unspecified atom stereocenters. The third-order valence-corrected chi connectivity index (χ3v) is 6.34. The second-order valence-corrected chi connectivity index (χ2v) is 7.89. The summed E-state index contributed by atoms with van der Waals surface area (Å²) in [5.74, 6) is 0. The SMILES string of the molecule is Cc1cc(C)c(C(O)C(C)N2CCCCC2)[se]1. The first-order valence-corrected chi connectivity index (χ1v) is 8.30. The summed E-state index contributed by atoms with van der Waals surface area (Å²) in [4.78, 5) is 2.46. The van der Waals surface area contributed by atoms with Gasteiger partial charge in [-0.05, 0) is 0 Å². The first-order valence-electron chi connectivity index (χ1n) is 6.58. The monoisotopic (exact) mass is 301 g/mol. The number of aliphatic hydroxyl groups excluding tert-OH is 1. The number of nitrogens with zero attached hydrogens (tertiary/aromatic N) is 1. The van der Waals surface area contributed by atoms with Crippen molar-refractivity contribution in [1.29, 1.82) is 0 Å². The van der Waals surface area contributed by atoms with E-state index in [1.165, 1.54) is 33.7 Å². The summed E-state index contributed by atoms with van der Waals surface area (Å²) in [6, 6.07) is 2.52. The standard InChI is InChI=1S/C14H23NOSe/c1-10-9-11(2)17-14(10)13(16)12(3)15-7-5-4-6-8-15/h9,12-13,16H,4-8H2,1-3H3. The molecule has 0 saturated carbocycles. The van der Waals surface area contributed by atoms with E-state index in [-0.39, 0.29) is 12.1 Å². The van der Waals surface area contributed by atoms with Crippen LogP contribution in [0.5, 0.6) is 0 Å². The van der Waals surface area contributed by atoms with E-state index in [4.69, 9.17) is 0 Å². The number of likely N-dealkylation sites (tertiary alicyclic amines) is 1. The number of aryl methyl sites for hydroxylation is 2. The van der Waals surface area contributed by atoms with Crippen LogP contribution < -0.4 is 0 Å². The molecule has 1 fully saturated rings. The molecular formula is C14H23NOSe. The molecule has 2 heterocycles. The van der Waals surface area contributed by atoms with Crippen molar-refractivity contribution in [2.24, 2.45) is 0 Å². The molecule has 1 N–H and O–H groups in total. The second kappa shape index (κ2) is 5.71. The topological polar surface area (TPSA) is 23.5 Å². The Bertz CT molecular complexity index is 368. The molecule has 3 heteroatoms. The van der Waals surface area contributed by atoms with Gasteiger partial charge < -0.3 is 0 Å². The molecule has 96 valence electrons. The van der Waals surface area contributed by atoms with Gasteiger partial charge in [0.05, 0.1) is 0 Å². The van der Waals surface area contributed by atoms with Gasteiger partial charge in [0.2, 0.25) is 0 Å². The number of hydrogen-bond donors (Lipinski definition) is 1. The van der Waals surface area contributed by atoms with Crippen molar-refractivity contribution in [1.82, 2.24) is 4.90 Å². The molecule has 2 atom stereocenters. The minimum absolute atomic E-state index is 0.262. The molecule has 17 heavy (non-hydrogen) atoms. The Kier molecular flexibility index (Phi) is 4.48. The van der Waals surface area contributed by atoms with Gasteiger partial charge >= 0.3 is 110 Å². The molecule has 1 saturated heterocycles. The van der Waals surface area contributed by atoms with E-state index in [0.29, 0.717) is 14.5 Å². The van der Waals surface area contributed by atoms with Crippen LogP contribution in [0.25, 0.3) is 0 Å². The molecule has 0 aromatic carbocycles. The predicted octanol–water partition coefficient (Wildman–Crippen LogP) is 2.27. The van der Waals surface area contributed by atoms with Crippen LogP contribution in [0.15, 0.2) is 6.07 Å². The molecule has 1 aliphatic heterocycles. The van der Waals surface area contributed by atoms with Gasteiger partial charge in [0.25, 0.3) is 0 Å². The molecule has 1 aliphatic rings. The predicted molar refractivity (Wildman–Crippen MR) is 72.7 cm³/mol. The number of piperidine rings is 1. The van der Waals surface area contributed by atoms with Crippen LogP contribution in [0.2, 0.25) is 0 Å². The van der Waals surface area contributed by atoms with Crippen molar-refractivity contribution in [3.05, 3.63) is 20.5 Å². The molecule has 1 aromatic rings. The third-order valence-electron chi connectivity index (χ3n) is 3.77. The van der Waals surface area contributed by atoms with Gasteiger partial charge in [0, 0.05) is 0 Å². The Morgan fingerprint density at radius 3 is 2.41 bits per heavy atom. The van der Waals surface area contributed by atoms with Crippen LogP contribution in [0.1, 0.15) is 46.7 Å². The van der Waals surface area contributed by atoms with Crippen molar-refractivity contribution >= 4 is 14.5 Å². The van der Waals surface area contributed by atoms with Crippen LogP contribution in [0.3, 0.4) is 0 Å². The first kappa shape index (κ1) is 13.4. The van der Waals surface area contributed by atoms with Crippen LogP contribution in [0, 0.1) is 13.8 Å². The van der Waals surface area contributed by atoms with Gasteiger partial charge in [0.1, 0.15) is 0 Å². The van der Waals surface area contributed by atoms with Crippen molar-refractivity contribution in [3.8, 4) is 0 Å². The van der Waals surface area contributed by atoms with E-state index in [0.717, 1.165) is 13.1 Å².